The van der Waals surface area contributed by atoms with Crippen molar-refractivity contribution in [2.24, 2.45) is 17.6 Å². The maximum Gasteiger partial charge on any atom is 0.223 e. The zero-order valence-electron chi connectivity index (χ0n) is 13.3. The number of rotatable bonds is 10. The minimum atomic E-state index is 0.211. The lowest BCUT2D eigenvalue weighted by Crippen LogP contribution is -2.41. The molecule has 0 radical (unpaired) electrons. The van der Waals surface area contributed by atoms with E-state index in [9.17, 15) is 4.79 Å². The summed E-state index contributed by atoms with van der Waals surface area (Å²) in [4.78, 5) is 14.4. The average molecular weight is 272 g/mol. The molecule has 0 aliphatic carbocycles. The van der Waals surface area contributed by atoms with E-state index in [0.717, 1.165) is 12.8 Å². The first kappa shape index (κ1) is 18.4. The molecule has 1 unspecified atom stereocenters. The molecule has 0 bridgehead atoms. The third-order valence-electron chi connectivity index (χ3n) is 3.58. The molecule has 0 saturated carbocycles. The van der Waals surface area contributed by atoms with E-state index in [1.807, 2.05) is 4.90 Å². The SMILES string of the molecule is CCC(C)N(CCOC)C(=O)C[C@@H](CN)CC(C)C. The van der Waals surface area contributed by atoms with Crippen molar-refractivity contribution in [1.29, 1.82) is 0 Å². The predicted octanol–water partition coefficient (Wildman–Crippen LogP) is 2.27. The van der Waals surface area contributed by atoms with Crippen LogP contribution in [0, 0.1) is 11.8 Å². The van der Waals surface area contributed by atoms with Gasteiger partial charge in [-0.1, -0.05) is 20.8 Å². The molecule has 0 fully saturated rings. The second kappa shape index (κ2) is 10.2. The molecule has 0 aromatic rings. The van der Waals surface area contributed by atoms with Crippen LogP contribution in [0.1, 0.15) is 47.0 Å². The minimum Gasteiger partial charge on any atom is -0.383 e. The van der Waals surface area contributed by atoms with Crippen molar-refractivity contribution >= 4 is 5.91 Å². The van der Waals surface area contributed by atoms with Crippen molar-refractivity contribution in [3.63, 3.8) is 0 Å². The molecule has 4 nitrogen and oxygen atoms in total. The van der Waals surface area contributed by atoms with Gasteiger partial charge in [0.2, 0.25) is 5.91 Å². The molecular formula is C15H32N2O2. The van der Waals surface area contributed by atoms with E-state index in [-0.39, 0.29) is 11.9 Å². The van der Waals surface area contributed by atoms with Gasteiger partial charge in [0.15, 0.2) is 0 Å². The van der Waals surface area contributed by atoms with Crippen molar-refractivity contribution < 1.29 is 9.53 Å². The van der Waals surface area contributed by atoms with Crippen LogP contribution in [0.5, 0.6) is 0 Å². The normalized spacial score (nSPS) is 14.5. The Morgan fingerprint density at radius 3 is 2.37 bits per heavy atom. The van der Waals surface area contributed by atoms with E-state index < -0.39 is 0 Å². The van der Waals surface area contributed by atoms with Crippen LogP contribution in [0.25, 0.3) is 0 Å². The third kappa shape index (κ3) is 7.53. The maximum absolute atomic E-state index is 12.4. The van der Waals surface area contributed by atoms with E-state index in [0.29, 0.717) is 38.0 Å². The summed E-state index contributed by atoms with van der Waals surface area (Å²) in [6.07, 6.45) is 2.54. The minimum absolute atomic E-state index is 0.211. The Hall–Kier alpha value is -0.610. The highest BCUT2D eigenvalue weighted by Crippen LogP contribution is 2.17. The van der Waals surface area contributed by atoms with Gasteiger partial charge in [0.05, 0.1) is 6.61 Å². The molecule has 0 aliphatic rings. The smallest absolute Gasteiger partial charge is 0.223 e. The number of ether oxygens (including phenoxy) is 1. The molecule has 4 heteroatoms. The Morgan fingerprint density at radius 2 is 1.95 bits per heavy atom. The summed E-state index contributed by atoms with van der Waals surface area (Å²) in [5.74, 6) is 1.08. The van der Waals surface area contributed by atoms with Gasteiger partial charge in [-0.15, -0.1) is 0 Å². The first-order chi connectivity index (χ1) is 8.96. The Morgan fingerprint density at radius 1 is 1.32 bits per heavy atom. The molecular weight excluding hydrogens is 240 g/mol. The van der Waals surface area contributed by atoms with Crippen LogP contribution in [0.15, 0.2) is 0 Å². The third-order valence-corrected chi connectivity index (χ3v) is 3.58. The zero-order valence-corrected chi connectivity index (χ0v) is 13.3. The molecule has 2 N–H and O–H groups in total. The summed E-state index contributed by atoms with van der Waals surface area (Å²) in [5, 5.41) is 0. The van der Waals surface area contributed by atoms with Gasteiger partial charge >= 0.3 is 0 Å². The highest BCUT2D eigenvalue weighted by molar-refractivity contribution is 5.76. The van der Waals surface area contributed by atoms with Crippen LogP contribution < -0.4 is 5.73 Å². The number of hydrogen-bond donors (Lipinski definition) is 1. The summed E-state index contributed by atoms with van der Waals surface area (Å²) in [5.41, 5.74) is 5.78. The van der Waals surface area contributed by atoms with Crippen LogP contribution in [0.2, 0.25) is 0 Å². The first-order valence-corrected chi connectivity index (χ1v) is 7.44. The fourth-order valence-electron chi connectivity index (χ4n) is 2.29. The molecule has 0 aromatic heterocycles. The average Bonchev–Trinajstić information content (AvgIpc) is 2.37. The van der Waals surface area contributed by atoms with Crippen LogP contribution in [-0.4, -0.2) is 43.7 Å². The second-order valence-electron chi connectivity index (χ2n) is 5.77. The maximum atomic E-state index is 12.4. The van der Waals surface area contributed by atoms with Gasteiger partial charge in [-0.3, -0.25) is 4.79 Å². The van der Waals surface area contributed by atoms with Crippen LogP contribution in [-0.2, 0) is 9.53 Å². The van der Waals surface area contributed by atoms with Gasteiger partial charge in [-0.05, 0) is 38.1 Å². The van der Waals surface area contributed by atoms with Crippen molar-refractivity contribution in [3.05, 3.63) is 0 Å². The van der Waals surface area contributed by atoms with Gasteiger partial charge in [0.25, 0.3) is 0 Å². The molecule has 19 heavy (non-hydrogen) atoms. The summed E-state index contributed by atoms with van der Waals surface area (Å²) in [6, 6.07) is 0.264. The summed E-state index contributed by atoms with van der Waals surface area (Å²) in [6.45, 7) is 10.4. The fraction of sp³-hybridized carbons (Fsp3) is 0.933. The molecule has 114 valence electrons. The van der Waals surface area contributed by atoms with E-state index >= 15 is 0 Å². The van der Waals surface area contributed by atoms with Crippen LogP contribution >= 0.6 is 0 Å². The van der Waals surface area contributed by atoms with E-state index in [1.165, 1.54) is 0 Å². The number of carbonyl (C=O) groups excluding carboxylic acids is 1. The van der Waals surface area contributed by atoms with Gasteiger partial charge in [-0.25, -0.2) is 0 Å². The standard InChI is InChI=1S/C15H32N2O2/c1-6-13(4)17(7-8-19-5)15(18)10-14(11-16)9-12(2)3/h12-14H,6-11,16H2,1-5H3/t13?,14-/m0/s1. The molecule has 0 saturated heterocycles. The topological polar surface area (TPSA) is 55.6 Å². The first-order valence-electron chi connectivity index (χ1n) is 7.44. The van der Waals surface area contributed by atoms with Gasteiger partial charge < -0.3 is 15.4 Å². The van der Waals surface area contributed by atoms with Crippen molar-refractivity contribution in [2.45, 2.75) is 53.0 Å². The lowest BCUT2D eigenvalue weighted by atomic mass is 9.93. The van der Waals surface area contributed by atoms with Crippen molar-refractivity contribution in [1.82, 2.24) is 4.90 Å². The summed E-state index contributed by atoms with van der Waals surface area (Å²) < 4.78 is 5.09. The van der Waals surface area contributed by atoms with Gasteiger partial charge in [-0.2, -0.15) is 0 Å². The van der Waals surface area contributed by atoms with Gasteiger partial charge in [0, 0.05) is 26.1 Å². The number of hydrogen-bond acceptors (Lipinski definition) is 3. The predicted molar refractivity (Wildman–Crippen MR) is 80.0 cm³/mol. The number of methoxy groups -OCH3 is 1. The van der Waals surface area contributed by atoms with Crippen molar-refractivity contribution in [3.8, 4) is 0 Å². The summed E-state index contributed by atoms with van der Waals surface area (Å²) in [7, 11) is 1.67. The van der Waals surface area contributed by atoms with Gasteiger partial charge in [0.1, 0.15) is 0 Å². The lowest BCUT2D eigenvalue weighted by Gasteiger charge is -2.30. The Labute approximate surface area is 118 Å². The zero-order chi connectivity index (χ0) is 14.8. The number of amides is 1. The molecule has 2 atom stereocenters. The Kier molecular flexibility index (Phi) is 9.88. The molecule has 0 spiro atoms. The van der Waals surface area contributed by atoms with E-state index in [2.05, 4.69) is 27.7 Å². The van der Waals surface area contributed by atoms with Crippen LogP contribution in [0.3, 0.4) is 0 Å². The molecule has 0 rings (SSSR count). The lowest BCUT2D eigenvalue weighted by molar-refractivity contribution is -0.135. The largest absolute Gasteiger partial charge is 0.383 e. The Bertz CT molecular complexity index is 244. The quantitative estimate of drug-likeness (QED) is 0.664. The Balaban J connectivity index is 4.51. The van der Waals surface area contributed by atoms with Crippen molar-refractivity contribution in [2.75, 3.05) is 26.8 Å². The number of nitrogens with two attached hydrogens (primary N) is 1. The molecule has 0 aliphatic heterocycles. The monoisotopic (exact) mass is 272 g/mol. The fourth-order valence-corrected chi connectivity index (χ4v) is 2.29. The number of nitrogens with zero attached hydrogens (tertiary/aromatic N) is 1. The highest BCUT2D eigenvalue weighted by Gasteiger charge is 2.22. The number of carbonyl (C=O) groups is 1. The second-order valence-corrected chi connectivity index (χ2v) is 5.77. The van der Waals surface area contributed by atoms with Crippen LogP contribution in [0.4, 0.5) is 0 Å². The molecule has 0 heterocycles. The molecule has 0 aromatic carbocycles. The van der Waals surface area contributed by atoms with E-state index in [4.69, 9.17) is 10.5 Å². The van der Waals surface area contributed by atoms with E-state index in [1.54, 1.807) is 7.11 Å². The molecule has 1 amide bonds. The highest BCUT2D eigenvalue weighted by atomic mass is 16.5. The summed E-state index contributed by atoms with van der Waals surface area (Å²) >= 11 is 0.